The Labute approximate surface area is 98.6 Å². The fourth-order valence-electron chi connectivity index (χ4n) is 1.16. The Morgan fingerprint density at radius 3 is 2.33 bits per heavy atom. The number of aliphatic hydroxyl groups is 2. The predicted molar refractivity (Wildman–Crippen MR) is 49.7 cm³/mol. The summed E-state index contributed by atoms with van der Waals surface area (Å²) in [6, 6.07) is 3.41. The normalized spacial score (nSPS) is 14.7. The van der Waals surface area contributed by atoms with Gasteiger partial charge in [-0.3, -0.25) is 0 Å². The van der Waals surface area contributed by atoms with E-state index >= 15 is 0 Å². The zero-order valence-electron chi connectivity index (χ0n) is 8.65. The maximum Gasteiger partial charge on any atom is 0.573 e. The van der Waals surface area contributed by atoms with Crippen molar-refractivity contribution in [2.75, 3.05) is 0 Å². The molecule has 1 aromatic rings. The molecular formula is C10H7F4NO3. The fourth-order valence-corrected chi connectivity index (χ4v) is 1.16. The predicted octanol–water partition coefficient (Wildman–Crippen LogP) is 1.64. The molecule has 0 saturated carbocycles. The third kappa shape index (κ3) is 3.58. The van der Waals surface area contributed by atoms with E-state index < -0.39 is 30.1 Å². The largest absolute Gasteiger partial charge is 0.573 e. The van der Waals surface area contributed by atoms with Crippen LogP contribution in [0.3, 0.4) is 0 Å². The number of aliphatic hydroxyl groups excluding tert-OH is 2. The topological polar surface area (TPSA) is 73.5 Å². The molecule has 0 aliphatic rings. The van der Waals surface area contributed by atoms with Crippen LogP contribution in [0.2, 0.25) is 0 Å². The summed E-state index contributed by atoms with van der Waals surface area (Å²) in [6.45, 7) is 0. The Kier molecular flexibility index (Phi) is 4.11. The van der Waals surface area contributed by atoms with Gasteiger partial charge in [0.2, 0.25) is 0 Å². The summed E-state index contributed by atoms with van der Waals surface area (Å²) in [4.78, 5) is 0. The monoisotopic (exact) mass is 265 g/mol. The van der Waals surface area contributed by atoms with E-state index in [1.807, 2.05) is 0 Å². The number of nitriles is 1. The summed E-state index contributed by atoms with van der Waals surface area (Å²) in [5.41, 5.74) is -0.240. The Morgan fingerprint density at radius 1 is 1.28 bits per heavy atom. The van der Waals surface area contributed by atoms with Crippen molar-refractivity contribution >= 4 is 0 Å². The summed E-state index contributed by atoms with van der Waals surface area (Å²) in [5.74, 6) is -2.43. The number of nitrogens with zero attached hydrogens (tertiary/aromatic N) is 1. The van der Waals surface area contributed by atoms with Crippen molar-refractivity contribution in [1.82, 2.24) is 0 Å². The van der Waals surface area contributed by atoms with Gasteiger partial charge in [-0.2, -0.15) is 5.26 Å². The van der Waals surface area contributed by atoms with E-state index in [0.717, 1.165) is 6.07 Å². The van der Waals surface area contributed by atoms with Crippen molar-refractivity contribution in [1.29, 1.82) is 5.26 Å². The molecule has 2 atom stereocenters. The molecule has 2 unspecified atom stereocenters. The molecule has 8 heteroatoms. The molecular weight excluding hydrogens is 258 g/mol. The zero-order valence-corrected chi connectivity index (χ0v) is 8.65. The lowest BCUT2D eigenvalue weighted by molar-refractivity contribution is -0.275. The molecule has 4 nitrogen and oxygen atoms in total. The highest BCUT2D eigenvalue weighted by Crippen LogP contribution is 2.28. The summed E-state index contributed by atoms with van der Waals surface area (Å²) < 4.78 is 52.1. The van der Waals surface area contributed by atoms with Crippen LogP contribution in [0, 0.1) is 17.1 Å². The lowest BCUT2D eigenvalue weighted by Gasteiger charge is -2.14. The van der Waals surface area contributed by atoms with Crippen LogP contribution >= 0.6 is 0 Å². The van der Waals surface area contributed by atoms with Crippen molar-refractivity contribution in [3.05, 3.63) is 29.6 Å². The van der Waals surface area contributed by atoms with Crippen molar-refractivity contribution in [3.63, 3.8) is 0 Å². The minimum absolute atomic E-state index is 0.240. The van der Waals surface area contributed by atoms with Crippen molar-refractivity contribution in [3.8, 4) is 11.8 Å². The van der Waals surface area contributed by atoms with E-state index in [-0.39, 0.29) is 5.56 Å². The molecule has 0 aromatic heterocycles. The lowest BCUT2D eigenvalue weighted by atomic mass is 10.1. The molecule has 0 fully saturated rings. The third-order valence-corrected chi connectivity index (χ3v) is 1.95. The zero-order chi connectivity index (χ0) is 13.9. The van der Waals surface area contributed by atoms with Gasteiger partial charge in [0, 0.05) is 0 Å². The van der Waals surface area contributed by atoms with Gasteiger partial charge in [-0.25, -0.2) is 4.39 Å². The number of hydrogen-bond acceptors (Lipinski definition) is 4. The molecule has 1 rings (SSSR count). The summed E-state index contributed by atoms with van der Waals surface area (Å²) >= 11 is 0. The summed E-state index contributed by atoms with van der Waals surface area (Å²) in [6.07, 6.45) is -8.56. The van der Waals surface area contributed by atoms with Gasteiger partial charge in [0.15, 0.2) is 17.7 Å². The second kappa shape index (κ2) is 5.20. The van der Waals surface area contributed by atoms with E-state index in [4.69, 9.17) is 10.4 Å². The first-order valence-corrected chi connectivity index (χ1v) is 4.55. The third-order valence-electron chi connectivity index (χ3n) is 1.95. The first-order chi connectivity index (χ1) is 8.24. The van der Waals surface area contributed by atoms with Crippen LogP contribution in [-0.4, -0.2) is 22.7 Å². The van der Waals surface area contributed by atoms with Crippen LogP contribution in [0.5, 0.6) is 5.75 Å². The van der Waals surface area contributed by atoms with Crippen molar-refractivity contribution in [2.45, 2.75) is 18.6 Å². The molecule has 0 saturated heterocycles. The van der Waals surface area contributed by atoms with E-state index in [1.165, 1.54) is 6.07 Å². The van der Waals surface area contributed by atoms with Gasteiger partial charge < -0.3 is 14.9 Å². The Hall–Kier alpha value is -1.85. The Bertz CT molecular complexity index is 469. The van der Waals surface area contributed by atoms with Gasteiger partial charge in [0.25, 0.3) is 0 Å². The molecule has 1 aromatic carbocycles. The first kappa shape index (κ1) is 14.2. The molecule has 0 aliphatic carbocycles. The van der Waals surface area contributed by atoms with Crippen LogP contribution in [0.4, 0.5) is 17.6 Å². The minimum Gasteiger partial charge on any atom is -0.403 e. The maximum absolute atomic E-state index is 13.2. The molecule has 0 amide bonds. The van der Waals surface area contributed by atoms with Gasteiger partial charge in [-0.15, -0.1) is 13.2 Å². The molecule has 2 N–H and O–H groups in total. The van der Waals surface area contributed by atoms with Crippen LogP contribution in [0.15, 0.2) is 18.2 Å². The molecule has 0 bridgehead atoms. The van der Waals surface area contributed by atoms with Gasteiger partial charge in [-0.1, -0.05) is 6.07 Å². The second-order valence-corrected chi connectivity index (χ2v) is 3.26. The van der Waals surface area contributed by atoms with Crippen LogP contribution in [0.25, 0.3) is 0 Å². The first-order valence-electron chi connectivity index (χ1n) is 4.55. The number of alkyl halides is 3. The highest BCUT2D eigenvalue weighted by Gasteiger charge is 2.32. The number of hydrogen-bond donors (Lipinski definition) is 2. The quantitative estimate of drug-likeness (QED) is 0.643. The molecule has 0 aliphatic heterocycles. The van der Waals surface area contributed by atoms with E-state index in [9.17, 15) is 22.7 Å². The molecule has 0 heterocycles. The number of rotatable bonds is 3. The van der Waals surface area contributed by atoms with E-state index in [2.05, 4.69) is 4.74 Å². The number of ether oxygens (including phenoxy) is 1. The Morgan fingerprint density at radius 2 is 1.89 bits per heavy atom. The molecule has 0 radical (unpaired) electrons. The van der Waals surface area contributed by atoms with Crippen LogP contribution in [0.1, 0.15) is 11.7 Å². The SMILES string of the molecule is N#CC(O)C(O)c1ccc(OC(F)(F)F)c(F)c1. The lowest BCUT2D eigenvalue weighted by Crippen LogP contribution is -2.19. The Balaban J connectivity index is 2.96. The van der Waals surface area contributed by atoms with Gasteiger partial charge >= 0.3 is 6.36 Å². The summed E-state index contributed by atoms with van der Waals surface area (Å²) in [5, 5.41) is 26.6. The van der Waals surface area contributed by atoms with Gasteiger partial charge in [0.1, 0.15) is 6.10 Å². The average molecular weight is 265 g/mol. The highest BCUT2D eigenvalue weighted by molar-refractivity contribution is 5.31. The number of halogens is 4. The van der Waals surface area contributed by atoms with Gasteiger partial charge in [-0.05, 0) is 17.7 Å². The van der Waals surface area contributed by atoms with E-state index in [1.54, 1.807) is 0 Å². The smallest absolute Gasteiger partial charge is 0.403 e. The fraction of sp³-hybridized carbons (Fsp3) is 0.300. The van der Waals surface area contributed by atoms with Crippen molar-refractivity contribution < 1.29 is 32.5 Å². The highest BCUT2D eigenvalue weighted by atomic mass is 19.4. The van der Waals surface area contributed by atoms with Crippen LogP contribution < -0.4 is 4.74 Å². The number of benzene rings is 1. The maximum atomic E-state index is 13.2. The molecule has 18 heavy (non-hydrogen) atoms. The van der Waals surface area contributed by atoms with E-state index in [0.29, 0.717) is 12.1 Å². The minimum atomic E-state index is -5.03. The standard InChI is InChI=1S/C10H7F4NO3/c11-6-3-5(9(17)7(16)4-15)1-2-8(6)18-10(12,13)14/h1-3,7,9,16-17H. The van der Waals surface area contributed by atoms with Gasteiger partial charge in [0.05, 0.1) is 6.07 Å². The molecule has 0 spiro atoms. The summed E-state index contributed by atoms with van der Waals surface area (Å²) in [7, 11) is 0. The average Bonchev–Trinajstić information content (AvgIpc) is 2.28. The van der Waals surface area contributed by atoms with Crippen LogP contribution in [-0.2, 0) is 0 Å². The second-order valence-electron chi connectivity index (χ2n) is 3.26. The molecule has 98 valence electrons. The van der Waals surface area contributed by atoms with Crippen molar-refractivity contribution in [2.24, 2.45) is 0 Å².